The van der Waals surface area contributed by atoms with Crippen molar-refractivity contribution in [3.05, 3.63) is 46.1 Å². The van der Waals surface area contributed by atoms with Gasteiger partial charge in [0.25, 0.3) is 0 Å². The van der Waals surface area contributed by atoms with Gasteiger partial charge in [-0.1, -0.05) is 11.6 Å². The molecule has 2 aromatic rings. The number of carboxylic acid groups (broad SMARTS) is 1. The van der Waals surface area contributed by atoms with Crippen LogP contribution in [-0.2, 0) is 27.8 Å². The lowest BCUT2D eigenvalue weighted by Crippen LogP contribution is -2.22. The summed E-state index contributed by atoms with van der Waals surface area (Å²) < 4.78 is 26.6. The molecule has 0 aromatic carbocycles. The summed E-state index contributed by atoms with van der Waals surface area (Å²) >= 11 is 6.72. The third-order valence-electron chi connectivity index (χ3n) is 2.45. The van der Waals surface area contributed by atoms with Crippen molar-refractivity contribution in [3.8, 4) is 0 Å². The molecule has 0 aliphatic heterocycles. The Kier molecular flexibility index (Phi) is 4.94. The molecule has 0 bridgehead atoms. The number of nitrogens with one attached hydrogen (secondary N) is 1. The third kappa shape index (κ3) is 4.50. The van der Waals surface area contributed by atoms with Crippen LogP contribution in [0.3, 0.4) is 0 Å². The van der Waals surface area contributed by atoms with Crippen LogP contribution in [0.5, 0.6) is 0 Å². The minimum absolute atomic E-state index is 0.00899. The van der Waals surface area contributed by atoms with Crippen molar-refractivity contribution in [2.24, 2.45) is 0 Å². The Balaban J connectivity index is 2.08. The van der Waals surface area contributed by atoms with Gasteiger partial charge in [0.15, 0.2) is 0 Å². The Morgan fingerprint density at radius 3 is 2.81 bits per heavy atom. The number of pyridine rings is 1. The van der Waals surface area contributed by atoms with Gasteiger partial charge in [-0.05, 0) is 24.3 Å². The fourth-order valence-corrected chi connectivity index (χ4v) is 4.10. The molecule has 0 saturated heterocycles. The van der Waals surface area contributed by atoms with Crippen molar-refractivity contribution in [1.29, 1.82) is 0 Å². The standard InChI is InChI=1S/C12H11ClN2O4S2/c13-8-3-4-14-9(5-8)7-15-21(18,19)12-2-1-10(20-12)6-11(16)17/h1-5,15H,6-7H2,(H,16,17). The van der Waals surface area contributed by atoms with Crippen molar-refractivity contribution in [2.75, 3.05) is 0 Å². The average Bonchev–Trinajstić information content (AvgIpc) is 2.85. The van der Waals surface area contributed by atoms with E-state index in [4.69, 9.17) is 16.7 Å². The average molecular weight is 347 g/mol. The molecule has 0 spiro atoms. The summed E-state index contributed by atoms with van der Waals surface area (Å²) in [6.07, 6.45) is 1.29. The number of nitrogens with zero attached hydrogens (tertiary/aromatic N) is 1. The first kappa shape index (κ1) is 15.9. The smallest absolute Gasteiger partial charge is 0.308 e. The Hall–Kier alpha value is -1.48. The van der Waals surface area contributed by atoms with Crippen LogP contribution < -0.4 is 4.72 Å². The van der Waals surface area contributed by atoms with Crippen molar-refractivity contribution < 1.29 is 18.3 Å². The Bertz CT molecular complexity index is 758. The van der Waals surface area contributed by atoms with Gasteiger partial charge in [0.05, 0.1) is 18.7 Å². The first-order chi connectivity index (χ1) is 9.87. The molecule has 112 valence electrons. The van der Waals surface area contributed by atoms with E-state index < -0.39 is 16.0 Å². The minimum Gasteiger partial charge on any atom is -0.481 e. The zero-order chi connectivity index (χ0) is 15.5. The number of thiophene rings is 1. The monoisotopic (exact) mass is 346 g/mol. The number of hydrogen-bond donors (Lipinski definition) is 2. The molecular weight excluding hydrogens is 336 g/mol. The molecule has 0 aliphatic rings. The predicted octanol–water partition coefficient (Wildman–Crippen LogP) is 1.90. The molecule has 0 fully saturated rings. The normalized spacial score (nSPS) is 11.5. The van der Waals surface area contributed by atoms with Crippen LogP contribution in [0.2, 0.25) is 5.02 Å². The van der Waals surface area contributed by atoms with Crippen LogP contribution in [0, 0.1) is 0 Å². The molecule has 0 amide bonds. The van der Waals surface area contributed by atoms with E-state index in [9.17, 15) is 13.2 Å². The van der Waals surface area contributed by atoms with E-state index >= 15 is 0 Å². The quantitative estimate of drug-likeness (QED) is 0.832. The van der Waals surface area contributed by atoms with Crippen LogP contribution in [0.4, 0.5) is 0 Å². The topological polar surface area (TPSA) is 96.4 Å². The molecule has 0 unspecified atom stereocenters. The molecule has 9 heteroatoms. The van der Waals surface area contributed by atoms with E-state index in [1.165, 1.54) is 18.3 Å². The number of carbonyl (C=O) groups is 1. The molecule has 0 radical (unpaired) electrons. The highest BCUT2D eigenvalue weighted by Crippen LogP contribution is 2.22. The second kappa shape index (κ2) is 6.52. The molecule has 6 nitrogen and oxygen atoms in total. The number of halogens is 1. The summed E-state index contributed by atoms with van der Waals surface area (Å²) in [6.45, 7) is 0.00899. The Labute approximate surface area is 130 Å². The molecule has 2 aromatic heterocycles. The first-order valence-electron chi connectivity index (χ1n) is 5.77. The fraction of sp³-hybridized carbons (Fsp3) is 0.167. The summed E-state index contributed by atoms with van der Waals surface area (Å²) in [7, 11) is -3.69. The van der Waals surface area contributed by atoms with E-state index in [1.807, 2.05) is 0 Å². The van der Waals surface area contributed by atoms with Gasteiger partial charge >= 0.3 is 5.97 Å². The van der Waals surface area contributed by atoms with Crippen molar-refractivity contribution in [3.63, 3.8) is 0 Å². The third-order valence-corrected chi connectivity index (χ3v) is 5.66. The molecule has 0 aliphatic carbocycles. The lowest BCUT2D eigenvalue weighted by atomic mass is 10.3. The van der Waals surface area contributed by atoms with Crippen molar-refractivity contribution in [2.45, 2.75) is 17.2 Å². The summed E-state index contributed by atoms with van der Waals surface area (Å²) in [4.78, 5) is 15.1. The summed E-state index contributed by atoms with van der Waals surface area (Å²) in [6, 6.07) is 6.03. The minimum atomic E-state index is -3.69. The second-order valence-electron chi connectivity index (χ2n) is 4.08. The summed E-state index contributed by atoms with van der Waals surface area (Å²) in [5, 5.41) is 9.15. The number of sulfonamides is 1. The molecule has 2 N–H and O–H groups in total. The lowest BCUT2D eigenvalue weighted by molar-refractivity contribution is -0.136. The van der Waals surface area contributed by atoms with E-state index in [-0.39, 0.29) is 17.2 Å². The van der Waals surface area contributed by atoms with Gasteiger partial charge in [-0.15, -0.1) is 11.3 Å². The van der Waals surface area contributed by atoms with E-state index in [2.05, 4.69) is 9.71 Å². The van der Waals surface area contributed by atoms with Gasteiger partial charge in [-0.3, -0.25) is 9.78 Å². The summed E-state index contributed by atoms with van der Waals surface area (Å²) in [5.41, 5.74) is 0.494. The number of aromatic nitrogens is 1. The molecule has 0 atom stereocenters. The number of carboxylic acids is 1. The molecular formula is C12H11ClN2O4S2. The molecule has 21 heavy (non-hydrogen) atoms. The second-order valence-corrected chi connectivity index (χ2v) is 7.68. The highest BCUT2D eigenvalue weighted by molar-refractivity contribution is 7.91. The SMILES string of the molecule is O=C(O)Cc1ccc(S(=O)(=O)NCc2cc(Cl)ccn2)s1. The van der Waals surface area contributed by atoms with Crippen LogP contribution >= 0.6 is 22.9 Å². The van der Waals surface area contributed by atoms with Gasteiger partial charge < -0.3 is 5.11 Å². The number of hydrogen-bond acceptors (Lipinski definition) is 5. The maximum Gasteiger partial charge on any atom is 0.308 e. The number of aliphatic carboxylic acids is 1. The number of rotatable bonds is 6. The largest absolute Gasteiger partial charge is 0.481 e. The van der Waals surface area contributed by atoms with Gasteiger partial charge in [0, 0.05) is 16.1 Å². The maximum atomic E-state index is 12.1. The van der Waals surface area contributed by atoms with Gasteiger partial charge in [-0.25, -0.2) is 13.1 Å². The Morgan fingerprint density at radius 1 is 1.38 bits per heavy atom. The van der Waals surface area contributed by atoms with Crippen LogP contribution in [0.25, 0.3) is 0 Å². The van der Waals surface area contributed by atoms with E-state index in [1.54, 1.807) is 12.1 Å². The van der Waals surface area contributed by atoms with Gasteiger partial charge in [-0.2, -0.15) is 0 Å². The zero-order valence-electron chi connectivity index (χ0n) is 10.6. The van der Waals surface area contributed by atoms with Crippen LogP contribution in [0.1, 0.15) is 10.6 Å². The van der Waals surface area contributed by atoms with Crippen molar-refractivity contribution >= 4 is 38.9 Å². The molecule has 2 heterocycles. The zero-order valence-corrected chi connectivity index (χ0v) is 13.0. The van der Waals surface area contributed by atoms with Gasteiger partial charge in [0.1, 0.15) is 4.21 Å². The first-order valence-corrected chi connectivity index (χ1v) is 8.45. The van der Waals surface area contributed by atoms with E-state index in [0.29, 0.717) is 15.6 Å². The highest BCUT2D eigenvalue weighted by Gasteiger charge is 2.17. The highest BCUT2D eigenvalue weighted by atomic mass is 35.5. The van der Waals surface area contributed by atoms with Crippen LogP contribution in [0.15, 0.2) is 34.7 Å². The Morgan fingerprint density at radius 2 is 2.14 bits per heavy atom. The predicted molar refractivity (Wildman–Crippen MR) is 78.9 cm³/mol. The molecule has 2 rings (SSSR count). The lowest BCUT2D eigenvalue weighted by Gasteiger charge is -2.04. The summed E-state index contributed by atoms with van der Waals surface area (Å²) in [5.74, 6) is -1.00. The van der Waals surface area contributed by atoms with Gasteiger partial charge in [0.2, 0.25) is 10.0 Å². The van der Waals surface area contributed by atoms with Crippen LogP contribution in [-0.4, -0.2) is 24.5 Å². The fourth-order valence-electron chi connectivity index (χ4n) is 1.53. The molecule has 0 saturated carbocycles. The maximum absolute atomic E-state index is 12.1. The van der Waals surface area contributed by atoms with E-state index in [0.717, 1.165) is 11.3 Å². The van der Waals surface area contributed by atoms with Crippen molar-refractivity contribution in [1.82, 2.24) is 9.71 Å².